The average molecular weight is 553 g/mol. The molecular formula is C35H56O3Si. The zero-order valence-corrected chi connectivity index (χ0v) is 26.5. The third-order valence-corrected chi connectivity index (χ3v) is 13.9. The van der Waals surface area contributed by atoms with Crippen molar-refractivity contribution in [2.45, 2.75) is 129 Å². The molecule has 0 spiro atoms. The molecule has 0 saturated carbocycles. The molecule has 1 heterocycles. The summed E-state index contributed by atoms with van der Waals surface area (Å²) in [5.74, 6) is 0.269. The fraction of sp³-hybridized carbons (Fsp3) is 0.657. The number of benzene rings is 2. The molecule has 3 rings (SSSR count). The van der Waals surface area contributed by atoms with Crippen LogP contribution in [0.15, 0.2) is 60.7 Å². The molecule has 1 fully saturated rings. The Morgan fingerprint density at radius 1 is 0.744 bits per heavy atom. The Hall–Kier alpha value is -1.46. The number of hydrogen-bond donors (Lipinski definition) is 1. The largest absolute Gasteiger partial charge is 0.407 e. The third kappa shape index (κ3) is 8.76. The summed E-state index contributed by atoms with van der Waals surface area (Å²) < 4.78 is 13.4. The van der Waals surface area contributed by atoms with E-state index >= 15 is 0 Å². The molecule has 1 aliphatic rings. The van der Waals surface area contributed by atoms with Crippen molar-refractivity contribution >= 4 is 18.7 Å². The molecule has 1 saturated heterocycles. The predicted octanol–water partition coefficient (Wildman–Crippen LogP) is 8.23. The van der Waals surface area contributed by atoms with E-state index in [4.69, 9.17) is 9.16 Å². The molecule has 0 aromatic heterocycles. The molecular weight excluding hydrogens is 496 g/mol. The van der Waals surface area contributed by atoms with Gasteiger partial charge in [-0.15, -0.1) is 0 Å². The van der Waals surface area contributed by atoms with Crippen LogP contribution in [0.5, 0.6) is 0 Å². The molecule has 0 amide bonds. The molecule has 2 aromatic carbocycles. The number of hydrogen-bond acceptors (Lipinski definition) is 3. The first-order chi connectivity index (χ1) is 18.8. The summed E-state index contributed by atoms with van der Waals surface area (Å²) in [5, 5.41) is 13.2. The smallest absolute Gasteiger partial charge is 0.261 e. The molecule has 2 aromatic rings. The minimum absolute atomic E-state index is 0.0531. The second-order valence-corrected chi connectivity index (χ2v) is 17.2. The lowest BCUT2D eigenvalue weighted by Gasteiger charge is -2.44. The van der Waals surface area contributed by atoms with Crippen molar-refractivity contribution < 1.29 is 14.3 Å². The minimum atomic E-state index is -2.60. The molecule has 0 radical (unpaired) electrons. The van der Waals surface area contributed by atoms with Crippen molar-refractivity contribution in [2.24, 2.45) is 11.8 Å². The van der Waals surface area contributed by atoms with Crippen molar-refractivity contribution in [1.29, 1.82) is 0 Å². The van der Waals surface area contributed by atoms with Crippen LogP contribution in [0.1, 0.15) is 112 Å². The lowest BCUT2D eigenvalue weighted by molar-refractivity contribution is -0.107. The molecule has 1 N–H and O–H groups in total. The summed E-state index contributed by atoms with van der Waals surface area (Å²) in [6, 6.07) is 21.7. The molecule has 1 unspecified atom stereocenters. The Labute approximate surface area is 240 Å². The van der Waals surface area contributed by atoms with Gasteiger partial charge in [0, 0.05) is 18.4 Å². The highest BCUT2D eigenvalue weighted by Crippen LogP contribution is 2.40. The average Bonchev–Trinajstić information content (AvgIpc) is 3.20. The summed E-state index contributed by atoms with van der Waals surface area (Å²) >= 11 is 0. The lowest BCUT2D eigenvalue weighted by Crippen LogP contribution is -2.67. The van der Waals surface area contributed by atoms with Crippen LogP contribution in [0.2, 0.25) is 5.04 Å². The predicted molar refractivity (Wildman–Crippen MR) is 168 cm³/mol. The Kier molecular flexibility index (Phi) is 13.2. The van der Waals surface area contributed by atoms with Gasteiger partial charge in [0.05, 0.1) is 6.10 Å². The van der Waals surface area contributed by atoms with Gasteiger partial charge in [0.1, 0.15) is 0 Å². The van der Waals surface area contributed by atoms with Crippen molar-refractivity contribution in [1.82, 2.24) is 0 Å². The van der Waals surface area contributed by atoms with Gasteiger partial charge < -0.3 is 14.3 Å². The van der Waals surface area contributed by atoms with E-state index in [1.54, 1.807) is 0 Å². The van der Waals surface area contributed by atoms with Crippen molar-refractivity contribution in [2.75, 3.05) is 6.61 Å². The Morgan fingerprint density at radius 2 is 1.21 bits per heavy atom. The normalized spacial score (nSPS) is 21.9. The molecule has 218 valence electrons. The number of rotatable bonds is 17. The van der Waals surface area contributed by atoms with E-state index in [9.17, 15) is 5.11 Å². The number of aliphatic hydroxyl groups is 1. The van der Waals surface area contributed by atoms with Gasteiger partial charge >= 0.3 is 0 Å². The maximum absolute atomic E-state index is 10.7. The number of ether oxygens (including phenoxy) is 1. The van der Waals surface area contributed by atoms with Crippen LogP contribution in [0.4, 0.5) is 0 Å². The summed E-state index contributed by atoms with van der Waals surface area (Å²) in [6.45, 7) is 12.0. The van der Waals surface area contributed by atoms with Gasteiger partial charge in [-0.05, 0) is 21.8 Å². The molecule has 39 heavy (non-hydrogen) atoms. The molecule has 3 nitrogen and oxygen atoms in total. The maximum Gasteiger partial charge on any atom is 0.261 e. The standard InChI is InChI=1S/C35H56O3Si/c1-6-7-8-9-10-11-12-13-14-15-22-27-33-32(29(2)34(36)38-33)28-37-39(35(3,4)5,30-23-18-16-19-24-30)31-25-20-17-21-26-31/h16-21,23-26,29,32-34,36H,6-15,22,27-28H2,1-5H3/t29-,32-,33-,34?/m1/s1. The lowest BCUT2D eigenvalue weighted by atomic mass is 9.89. The zero-order chi connectivity index (χ0) is 28.1. The SMILES string of the molecule is CCCCCCCCCCCCC[C@H]1OC(O)[C@H](C)[C@H]1CO[Si](c1ccccc1)(c1ccccc1)C(C)(C)C. The van der Waals surface area contributed by atoms with Crippen molar-refractivity contribution in [3.05, 3.63) is 60.7 Å². The van der Waals surface area contributed by atoms with E-state index in [2.05, 4.69) is 95.3 Å². The van der Waals surface area contributed by atoms with Crippen LogP contribution in [-0.2, 0) is 9.16 Å². The quantitative estimate of drug-likeness (QED) is 0.159. The highest BCUT2D eigenvalue weighted by molar-refractivity contribution is 6.99. The second kappa shape index (κ2) is 16.1. The molecule has 4 heteroatoms. The van der Waals surface area contributed by atoms with Crippen LogP contribution < -0.4 is 10.4 Å². The van der Waals surface area contributed by atoms with E-state index in [1.807, 2.05) is 0 Å². The topological polar surface area (TPSA) is 38.7 Å². The van der Waals surface area contributed by atoms with Gasteiger partial charge in [-0.1, -0.05) is 166 Å². The van der Waals surface area contributed by atoms with Crippen LogP contribution in [0.25, 0.3) is 0 Å². The van der Waals surface area contributed by atoms with E-state index in [0.717, 1.165) is 12.8 Å². The molecule has 0 bridgehead atoms. The first-order valence-electron chi connectivity index (χ1n) is 15.9. The summed E-state index contributed by atoms with van der Waals surface area (Å²) in [6.07, 6.45) is 15.1. The van der Waals surface area contributed by atoms with Crippen LogP contribution >= 0.6 is 0 Å². The Bertz CT molecular complexity index is 871. The summed E-state index contributed by atoms with van der Waals surface area (Å²) in [7, 11) is -2.60. The van der Waals surface area contributed by atoms with E-state index in [-0.39, 0.29) is 23.0 Å². The summed E-state index contributed by atoms with van der Waals surface area (Å²) in [4.78, 5) is 0. The summed E-state index contributed by atoms with van der Waals surface area (Å²) in [5.41, 5.74) is 0. The van der Waals surface area contributed by atoms with Gasteiger partial charge in [0.25, 0.3) is 8.32 Å². The maximum atomic E-state index is 10.7. The third-order valence-electron chi connectivity index (χ3n) is 8.92. The monoisotopic (exact) mass is 552 g/mol. The first kappa shape index (κ1) is 32.1. The Morgan fingerprint density at radius 3 is 1.67 bits per heavy atom. The van der Waals surface area contributed by atoms with Crippen LogP contribution in [0.3, 0.4) is 0 Å². The van der Waals surface area contributed by atoms with Crippen molar-refractivity contribution in [3.8, 4) is 0 Å². The van der Waals surface area contributed by atoms with Crippen molar-refractivity contribution in [3.63, 3.8) is 0 Å². The molecule has 0 aliphatic carbocycles. The highest BCUT2D eigenvalue weighted by Gasteiger charge is 2.51. The van der Waals surface area contributed by atoms with Gasteiger partial charge in [-0.25, -0.2) is 0 Å². The van der Waals surface area contributed by atoms with Gasteiger partial charge in [0.2, 0.25) is 0 Å². The fourth-order valence-corrected chi connectivity index (χ4v) is 11.1. The van der Waals surface area contributed by atoms with E-state index in [0.29, 0.717) is 6.61 Å². The van der Waals surface area contributed by atoms with Crippen LogP contribution in [-0.4, -0.2) is 32.4 Å². The fourth-order valence-electron chi connectivity index (χ4n) is 6.49. The number of aliphatic hydroxyl groups excluding tert-OH is 1. The van der Waals surface area contributed by atoms with Gasteiger partial charge in [-0.3, -0.25) is 0 Å². The van der Waals surface area contributed by atoms with Crippen LogP contribution in [0, 0.1) is 11.8 Å². The number of unbranched alkanes of at least 4 members (excludes halogenated alkanes) is 10. The highest BCUT2D eigenvalue weighted by atomic mass is 28.4. The molecule has 4 atom stereocenters. The first-order valence-corrected chi connectivity index (χ1v) is 17.8. The Balaban J connectivity index is 1.60. The molecule has 1 aliphatic heterocycles. The van der Waals surface area contributed by atoms with Gasteiger partial charge in [-0.2, -0.15) is 0 Å². The second-order valence-electron chi connectivity index (χ2n) is 12.9. The minimum Gasteiger partial charge on any atom is -0.407 e. The zero-order valence-electron chi connectivity index (χ0n) is 25.5. The van der Waals surface area contributed by atoms with Gasteiger partial charge in [0.15, 0.2) is 6.29 Å². The van der Waals surface area contributed by atoms with E-state index in [1.165, 1.54) is 74.6 Å². The van der Waals surface area contributed by atoms with E-state index < -0.39 is 14.6 Å².